The van der Waals surface area contributed by atoms with Crippen LogP contribution in [0.4, 0.5) is 4.79 Å². The Morgan fingerprint density at radius 1 is 0.855 bits per heavy atom. The Kier molecular flexibility index (Phi) is 15.8. The van der Waals surface area contributed by atoms with Crippen molar-refractivity contribution in [2.24, 2.45) is 5.73 Å². The van der Waals surface area contributed by atoms with Gasteiger partial charge in [0.05, 0.1) is 42.0 Å². The minimum Gasteiger partial charge on any atom is -0.507 e. The van der Waals surface area contributed by atoms with Crippen LogP contribution >= 0.6 is 0 Å². The molecule has 19 heteroatoms. The van der Waals surface area contributed by atoms with Gasteiger partial charge in [-0.15, -0.1) is 0 Å². The van der Waals surface area contributed by atoms with E-state index in [9.17, 15) is 54.3 Å². The molecule has 2 aliphatic carbocycles. The molecule has 3 aliphatic rings. The minimum absolute atomic E-state index is 0.0316. The number of aliphatic hydroxyl groups excluding tert-OH is 2. The summed E-state index contributed by atoms with van der Waals surface area (Å²) in [4.78, 5) is 82.5. The third kappa shape index (κ3) is 10.8. The second-order valence-corrected chi connectivity index (χ2v) is 17.4. The van der Waals surface area contributed by atoms with Crippen LogP contribution in [-0.4, -0.2) is 123 Å². The molecule has 10 N–H and O–H groups in total. The number of amides is 3. The van der Waals surface area contributed by atoms with Crippen LogP contribution in [0.2, 0.25) is 0 Å². The second kappa shape index (κ2) is 21.7. The quantitative estimate of drug-likeness (QED) is 0.0450. The van der Waals surface area contributed by atoms with E-state index in [1.165, 1.54) is 32.2 Å². The van der Waals surface area contributed by atoms with Gasteiger partial charge in [0.15, 0.2) is 17.9 Å². The predicted molar refractivity (Wildman–Crippen MR) is 244 cm³/mol. The van der Waals surface area contributed by atoms with E-state index in [1.807, 2.05) is 6.07 Å². The van der Waals surface area contributed by atoms with Gasteiger partial charge in [-0.2, -0.15) is 0 Å². The summed E-state index contributed by atoms with van der Waals surface area (Å²) in [6.07, 6.45) is -6.73. The van der Waals surface area contributed by atoms with Crippen LogP contribution in [0, 0.1) is 0 Å². The van der Waals surface area contributed by atoms with E-state index >= 15 is 0 Å². The first-order valence-electron chi connectivity index (χ1n) is 22.6. The number of nitrogens with two attached hydrogens (primary N) is 1. The van der Waals surface area contributed by atoms with Crippen LogP contribution in [0.5, 0.6) is 17.2 Å². The largest absolute Gasteiger partial charge is 0.507 e. The smallest absolute Gasteiger partial charge is 0.408 e. The molecule has 366 valence electrons. The van der Waals surface area contributed by atoms with E-state index in [4.69, 9.17) is 24.7 Å². The van der Waals surface area contributed by atoms with Crippen molar-refractivity contribution in [3.8, 4) is 17.2 Å². The number of ether oxygens (including phenoxy) is 4. The zero-order valence-electron chi connectivity index (χ0n) is 38.0. The molecule has 0 saturated carbocycles. The highest BCUT2D eigenvalue weighted by molar-refractivity contribution is 6.31. The monoisotopic (exact) mass is 952 g/mol. The number of carbonyl (C=O) groups is 6. The average Bonchev–Trinajstić information content (AvgIpc) is 3.34. The van der Waals surface area contributed by atoms with Crippen molar-refractivity contribution in [2.75, 3.05) is 20.3 Å². The lowest BCUT2D eigenvalue weighted by molar-refractivity contribution is -0.249. The number of hydrogen-bond acceptors (Lipinski definition) is 16. The minimum atomic E-state index is -2.42. The Morgan fingerprint density at radius 2 is 1.54 bits per heavy atom. The van der Waals surface area contributed by atoms with E-state index in [2.05, 4.69) is 16.0 Å². The molecule has 1 fully saturated rings. The molecule has 4 aromatic carbocycles. The van der Waals surface area contributed by atoms with Gasteiger partial charge in [-0.05, 0) is 49.9 Å². The average molecular weight is 953 g/mol. The van der Waals surface area contributed by atoms with Gasteiger partial charge in [0.25, 0.3) is 0 Å². The molecule has 0 radical (unpaired) electrons. The third-order valence-electron chi connectivity index (χ3n) is 12.8. The Bertz CT molecular complexity index is 2580. The first kappa shape index (κ1) is 50.1. The molecule has 4 aromatic rings. The number of ketones is 3. The number of aliphatic hydroxyl groups is 3. The molecule has 7 rings (SSSR count). The van der Waals surface area contributed by atoms with Crippen molar-refractivity contribution in [3.05, 3.63) is 123 Å². The zero-order chi connectivity index (χ0) is 49.6. The van der Waals surface area contributed by atoms with Gasteiger partial charge in [0.1, 0.15) is 54.3 Å². The molecule has 4 unspecified atom stereocenters. The Labute approximate surface area is 396 Å². The molecule has 0 spiro atoms. The van der Waals surface area contributed by atoms with E-state index < -0.39 is 126 Å². The zero-order valence-corrected chi connectivity index (χ0v) is 38.0. The Morgan fingerprint density at radius 3 is 2.20 bits per heavy atom. The lowest BCUT2D eigenvalue weighted by Crippen LogP contribution is -2.60. The molecular formula is C50H56N4O15. The fraction of sp³-hybridized carbons (Fsp3) is 0.400. The van der Waals surface area contributed by atoms with Crippen molar-refractivity contribution >= 4 is 35.3 Å². The van der Waals surface area contributed by atoms with Crippen molar-refractivity contribution < 1.29 is 73.2 Å². The number of unbranched alkanes of at least 4 members (excludes halogenated alkanes) is 1. The summed E-state index contributed by atoms with van der Waals surface area (Å²) < 4.78 is 23.1. The van der Waals surface area contributed by atoms with E-state index in [0.717, 1.165) is 5.56 Å². The molecule has 3 amide bonds. The summed E-state index contributed by atoms with van der Waals surface area (Å²) in [5.41, 5.74) is 2.85. The van der Waals surface area contributed by atoms with Crippen molar-refractivity contribution in [3.63, 3.8) is 0 Å². The topological polar surface area (TPSA) is 303 Å². The summed E-state index contributed by atoms with van der Waals surface area (Å²) in [7, 11) is 1.29. The second-order valence-electron chi connectivity index (χ2n) is 17.4. The van der Waals surface area contributed by atoms with Crippen molar-refractivity contribution in [1.82, 2.24) is 16.0 Å². The number of rotatable bonds is 18. The molecular weight excluding hydrogens is 897 g/mol. The number of aromatic hydroxyl groups is 2. The maximum Gasteiger partial charge on any atom is 0.408 e. The number of phenolic OH excluding ortho intramolecular Hbond substituents is 2. The highest BCUT2D eigenvalue weighted by atomic mass is 16.7. The van der Waals surface area contributed by atoms with Crippen LogP contribution in [0.1, 0.15) is 99.2 Å². The molecule has 19 nitrogen and oxygen atoms in total. The van der Waals surface area contributed by atoms with Crippen LogP contribution in [0.3, 0.4) is 0 Å². The molecule has 1 heterocycles. The predicted octanol–water partition coefficient (Wildman–Crippen LogP) is 2.31. The number of hydrogen-bond donors (Lipinski definition) is 9. The molecule has 0 aromatic heterocycles. The van der Waals surface area contributed by atoms with Crippen molar-refractivity contribution in [2.45, 2.75) is 107 Å². The number of phenols is 2. The Hall–Kier alpha value is -6.74. The standard InChI is InChI=1S/C50H56N4O15/c1-26-42(57)32(53-47(62)31(17-9-10-19-51)52-48(63)33(20-27-12-5-3-6-13-27)54-49(64)67-25-28-14-7-4-8-15-28)21-37(68-26)69-35-23-50(65,36(56)24-55)22-30-39(35)46(61)41-40(44(30)59)43(58)29-16-11-18-34(66-2)38(29)45(41)60/h3-8,11-16,18,26,31-33,35,37,42,55,57,59,61,65H,9-10,17,19-25,51H2,1-2H3,(H,52,63)(H,53,62)(H,54,64)/t26?,31-,32?,33-,35-,37?,42?,50-/m0/s1. The molecule has 0 bridgehead atoms. The highest BCUT2D eigenvalue weighted by Crippen LogP contribution is 2.52. The van der Waals surface area contributed by atoms with Gasteiger partial charge in [0, 0.05) is 42.4 Å². The van der Waals surface area contributed by atoms with E-state index in [-0.39, 0.29) is 53.9 Å². The molecule has 1 aliphatic heterocycles. The van der Waals surface area contributed by atoms with Gasteiger partial charge in [-0.25, -0.2) is 4.79 Å². The van der Waals surface area contributed by atoms with E-state index in [1.54, 1.807) is 54.6 Å². The fourth-order valence-corrected chi connectivity index (χ4v) is 9.14. The SMILES string of the molecule is COc1cccc2c1C(=O)c1c(O)c3c(c(O)c1C2=O)C[C@@](O)(C(=O)CO)C[C@@H]3OC1CC(NC(=O)[C@H](CCCCN)NC(=O)[C@H](Cc2ccccc2)NC(=O)OCc2ccccc2)C(O)C(C)O1. The van der Waals surface area contributed by atoms with Crippen LogP contribution in [0.15, 0.2) is 78.9 Å². The molecule has 8 atom stereocenters. The van der Waals surface area contributed by atoms with Gasteiger partial charge in [0.2, 0.25) is 17.6 Å². The maximum absolute atomic E-state index is 14.2. The van der Waals surface area contributed by atoms with Gasteiger partial charge < -0.3 is 66.2 Å². The summed E-state index contributed by atoms with van der Waals surface area (Å²) in [5.74, 6) is -5.70. The third-order valence-corrected chi connectivity index (χ3v) is 12.8. The molecule has 69 heavy (non-hydrogen) atoms. The van der Waals surface area contributed by atoms with Gasteiger partial charge in [-0.3, -0.25) is 24.0 Å². The summed E-state index contributed by atoms with van der Waals surface area (Å²) in [6.45, 7) is 0.613. The number of methoxy groups -OCH3 is 1. The maximum atomic E-state index is 14.2. The van der Waals surface area contributed by atoms with Gasteiger partial charge >= 0.3 is 6.09 Å². The van der Waals surface area contributed by atoms with Crippen LogP contribution in [0.25, 0.3) is 0 Å². The number of benzene rings is 4. The number of carbonyl (C=O) groups excluding carboxylic acids is 6. The van der Waals surface area contributed by atoms with Crippen LogP contribution < -0.4 is 26.4 Å². The van der Waals surface area contributed by atoms with E-state index in [0.29, 0.717) is 24.9 Å². The fourth-order valence-electron chi connectivity index (χ4n) is 9.14. The normalized spacial score (nSPS) is 22.5. The molecule has 1 saturated heterocycles. The highest BCUT2D eigenvalue weighted by Gasteiger charge is 2.50. The first-order chi connectivity index (χ1) is 33.1. The lowest BCUT2D eigenvalue weighted by atomic mass is 9.72. The first-order valence-corrected chi connectivity index (χ1v) is 22.6. The van der Waals surface area contributed by atoms with Crippen molar-refractivity contribution in [1.29, 1.82) is 0 Å². The number of nitrogens with one attached hydrogen (secondary N) is 3. The number of fused-ring (bicyclic) bond motifs is 3. The summed E-state index contributed by atoms with van der Waals surface area (Å²) in [5, 5.41) is 64.9. The Balaban J connectivity index is 1.13. The van der Waals surface area contributed by atoms with Crippen LogP contribution in [-0.2, 0) is 48.0 Å². The van der Waals surface area contributed by atoms with Gasteiger partial charge in [-0.1, -0.05) is 72.8 Å². The number of Topliss-reactive ketones (excluding diaryl/α,β-unsaturated/α-hetero) is 1. The number of alkyl carbamates (subject to hydrolysis) is 1. The summed E-state index contributed by atoms with van der Waals surface area (Å²) in [6, 6.07) is 18.6. The lowest BCUT2D eigenvalue weighted by Gasteiger charge is -2.43. The summed E-state index contributed by atoms with van der Waals surface area (Å²) >= 11 is 0.